The Bertz CT molecular complexity index is 479. The van der Waals surface area contributed by atoms with E-state index in [1.165, 1.54) is 7.11 Å². The minimum atomic E-state index is -0.0894. The molecule has 1 aliphatic rings. The Hall–Kier alpha value is -0.880. The SMILES string of the molecule is COC(=O)C1CCC(OCc2c(Br)c(C)nn2C)CC1. The Labute approximate surface area is 127 Å². The van der Waals surface area contributed by atoms with Gasteiger partial charge in [0.05, 0.1) is 41.6 Å². The fourth-order valence-electron chi connectivity index (χ4n) is 2.67. The summed E-state index contributed by atoms with van der Waals surface area (Å²) in [6.07, 6.45) is 3.74. The molecule has 2 rings (SSSR count). The van der Waals surface area contributed by atoms with E-state index in [9.17, 15) is 4.79 Å². The maximum absolute atomic E-state index is 11.5. The lowest BCUT2D eigenvalue weighted by molar-refractivity contribution is -0.147. The summed E-state index contributed by atoms with van der Waals surface area (Å²) in [5, 5.41) is 4.35. The van der Waals surface area contributed by atoms with Gasteiger partial charge >= 0.3 is 5.97 Å². The number of rotatable bonds is 4. The number of hydrogen-bond donors (Lipinski definition) is 0. The van der Waals surface area contributed by atoms with Crippen LogP contribution in [0.2, 0.25) is 0 Å². The molecule has 0 N–H and O–H groups in total. The summed E-state index contributed by atoms with van der Waals surface area (Å²) in [7, 11) is 3.37. The van der Waals surface area contributed by atoms with Gasteiger partial charge in [-0.15, -0.1) is 0 Å². The van der Waals surface area contributed by atoms with Gasteiger partial charge in [0.15, 0.2) is 0 Å². The number of halogens is 1. The molecular formula is C14H21BrN2O3. The summed E-state index contributed by atoms with van der Waals surface area (Å²) in [4.78, 5) is 11.5. The third kappa shape index (κ3) is 3.41. The fraction of sp³-hybridized carbons (Fsp3) is 0.714. The summed E-state index contributed by atoms with van der Waals surface area (Å²) < 4.78 is 13.6. The number of ether oxygens (including phenoxy) is 2. The molecule has 0 radical (unpaired) electrons. The molecule has 0 unspecified atom stereocenters. The van der Waals surface area contributed by atoms with E-state index < -0.39 is 0 Å². The van der Waals surface area contributed by atoms with E-state index in [2.05, 4.69) is 21.0 Å². The largest absolute Gasteiger partial charge is 0.469 e. The van der Waals surface area contributed by atoms with Crippen LogP contribution in [0.5, 0.6) is 0 Å². The number of aromatic nitrogens is 2. The molecule has 1 aromatic rings. The fourth-order valence-corrected chi connectivity index (χ4v) is 3.12. The van der Waals surface area contributed by atoms with Crippen LogP contribution < -0.4 is 0 Å². The quantitative estimate of drug-likeness (QED) is 0.788. The van der Waals surface area contributed by atoms with E-state index in [4.69, 9.17) is 9.47 Å². The Morgan fingerprint density at radius 1 is 1.40 bits per heavy atom. The molecule has 0 spiro atoms. The van der Waals surface area contributed by atoms with E-state index >= 15 is 0 Å². The summed E-state index contributed by atoms with van der Waals surface area (Å²) in [5.41, 5.74) is 2.03. The minimum Gasteiger partial charge on any atom is -0.469 e. The molecule has 1 fully saturated rings. The lowest BCUT2D eigenvalue weighted by Crippen LogP contribution is -2.27. The Morgan fingerprint density at radius 3 is 2.55 bits per heavy atom. The highest BCUT2D eigenvalue weighted by molar-refractivity contribution is 9.10. The van der Waals surface area contributed by atoms with Gasteiger partial charge in [-0.1, -0.05) is 0 Å². The summed E-state index contributed by atoms with van der Waals surface area (Å²) in [5.74, 6) is -0.0426. The molecule has 0 aliphatic heterocycles. The molecule has 0 saturated heterocycles. The number of carbonyl (C=O) groups excluding carboxylic acids is 1. The van der Waals surface area contributed by atoms with Crippen molar-refractivity contribution in [1.29, 1.82) is 0 Å². The smallest absolute Gasteiger partial charge is 0.308 e. The van der Waals surface area contributed by atoms with Crippen molar-refractivity contribution in [3.63, 3.8) is 0 Å². The first kappa shape index (κ1) is 15.5. The Balaban J connectivity index is 1.83. The molecule has 0 amide bonds. The molecule has 112 valence electrons. The predicted octanol–water partition coefficient (Wildman–Crippen LogP) is 2.74. The van der Waals surface area contributed by atoms with E-state index in [1.54, 1.807) is 0 Å². The maximum atomic E-state index is 11.5. The van der Waals surface area contributed by atoms with E-state index in [1.807, 2.05) is 18.7 Å². The first-order chi connectivity index (χ1) is 9.52. The van der Waals surface area contributed by atoms with Gasteiger partial charge < -0.3 is 9.47 Å². The van der Waals surface area contributed by atoms with Crippen molar-refractivity contribution in [2.45, 2.75) is 45.3 Å². The van der Waals surface area contributed by atoms with Gasteiger partial charge in [-0.3, -0.25) is 9.48 Å². The molecule has 1 aliphatic carbocycles. The lowest BCUT2D eigenvalue weighted by atomic mass is 9.87. The lowest BCUT2D eigenvalue weighted by Gasteiger charge is -2.27. The van der Waals surface area contributed by atoms with Gasteiger partial charge in [-0.2, -0.15) is 5.10 Å². The zero-order valence-corrected chi connectivity index (χ0v) is 13.8. The van der Waals surface area contributed by atoms with Crippen molar-refractivity contribution in [3.8, 4) is 0 Å². The molecule has 0 bridgehead atoms. The Morgan fingerprint density at radius 2 is 2.05 bits per heavy atom. The van der Waals surface area contributed by atoms with Crippen molar-refractivity contribution in [2.75, 3.05) is 7.11 Å². The predicted molar refractivity (Wildman–Crippen MR) is 78.2 cm³/mol. The van der Waals surface area contributed by atoms with Gasteiger partial charge in [0, 0.05) is 7.05 Å². The summed E-state index contributed by atoms with van der Waals surface area (Å²) >= 11 is 3.54. The number of hydrogen-bond acceptors (Lipinski definition) is 4. The molecule has 1 heterocycles. The highest BCUT2D eigenvalue weighted by atomic mass is 79.9. The van der Waals surface area contributed by atoms with Crippen molar-refractivity contribution in [2.24, 2.45) is 13.0 Å². The van der Waals surface area contributed by atoms with Crippen LogP contribution in [0.4, 0.5) is 0 Å². The average molecular weight is 345 g/mol. The normalized spacial score (nSPS) is 22.8. The molecule has 20 heavy (non-hydrogen) atoms. The van der Waals surface area contributed by atoms with Crippen LogP contribution in [0.1, 0.15) is 37.1 Å². The van der Waals surface area contributed by atoms with Crippen molar-refractivity contribution in [1.82, 2.24) is 9.78 Å². The molecule has 1 saturated carbocycles. The average Bonchev–Trinajstić information content (AvgIpc) is 2.70. The second kappa shape index (κ2) is 6.72. The van der Waals surface area contributed by atoms with Crippen molar-refractivity contribution in [3.05, 3.63) is 15.9 Å². The second-order valence-corrected chi connectivity index (χ2v) is 6.07. The Kier molecular flexibility index (Phi) is 5.21. The first-order valence-electron chi connectivity index (χ1n) is 6.90. The third-order valence-corrected chi connectivity index (χ3v) is 4.96. The standard InChI is InChI=1S/C14H21BrN2O3/c1-9-13(15)12(17(2)16-9)8-20-11-6-4-10(5-7-11)14(18)19-3/h10-11H,4-8H2,1-3H3. The maximum Gasteiger partial charge on any atom is 0.308 e. The number of aryl methyl sites for hydroxylation is 2. The van der Waals surface area contributed by atoms with Gasteiger partial charge in [0.25, 0.3) is 0 Å². The van der Waals surface area contributed by atoms with Crippen LogP contribution >= 0.6 is 15.9 Å². The van der Waals surface area contributed by atoms with Crippen LogP contribution in [-0.2, 0) is 27.9 Å². The van der Waals surface area contributed by atoms with Crippen molar-refractivity contribution < 1.29 is 14.3 Å². The van der Waals surface area contributed by atoms with Gasteiger partial charge in [-0.05, 0) is 48.5 Å². The highest BCUT2D eigenvalue weighted by Gasteiger charge is 2.27. The minimum absolute atomic E-state index is 0.0468. The first-order valence-corrected chi connectivity index (χ1v) is 7.69. The molecule has 0 aromatic carbocycles. The number of nitrogens with zero attached hydrogens (tertiary/aromatic N) is 2. The molecule has 6 heteroatoms. The number of esters is 1. The van der Waals surface area contributed by atoms with Crippen LogP contribution in [0.15, 0.2) is 4.47 Å². The number of carbonyl (C=O) groups is 1. The zero-order chi connectivity index (χ0) is 14.7. The van der Waals surface area contributed by atoms with Crippen molar-refractivity contribution >= 4 is 21.9 Å². The van der Waals surface area contributed by atoms with Gasteiger partial charge in [0.2, 0.25) is 0 Å². The molecule has 0 atom stereocenters. The van der Waals surface area contributed by atoms with Crippen LogP contribution in [0.3, 0.4) is 0 Å². The van der Waals surface area contributed by atoms with E-state index in [0.717, 1.165) is 41.5 Å². The van der Waals surface area contributed by atoms with Crippen LogP contribution in [0, 0.1) is 12.8 Å². The summed E-state index contributed by atoms with van der Waals surface area (Å²) in [6, 6.07) is 0. The monoisotopic (exact) mass is 344 g/mol. The topological polar surface area (TPSA) is 53.4 Å². The van der Waals surface area contributed by atoms with Crippen LogP contribution in [0.25, 0.3) is 0 Å². The van der Waals surface area contributed by atoms with Crippen LogP contribution in [-0.4, -0.2) is 29.0 Å². The van der Waals surface area contributed by atoms with E-state index in [-0.39, 0.29) is 18.0 Å². The van der Waals surface area contributed by atoms with E-state index in [0.29, 0.717) is 6.61 Å². The second-order valence-electron chi connectivity index (χ2n) is 5.28. The third-order valence-electron chi connectivity index (χ3n) is 3.93. The molecule has 1 aromatic heterocycles. The summed E-state index contributed by atoms with van der Waals surface area (Å²) in [6.45, 7) is 2.51. The highest BCUT2D eigenvalue weighted by Crippen LogP contribution is 2.28. The van der Waals surface area contributed by atoms with Gasteiger partial charge in [-0.25, -0.2) is 0 Å². The molecule has 5 nitrogen and oxygen atoms in total. The number of methoxy groups -OCH3 is 1. The van der Waals surface area contributed by atoms with Gasteiger partial charge in [0.1, 0.15) is 0 Å². The molecular weight excluding hydrogens is 324 g/mol. The zero-order valence-electron chi connectivity index (χ0n) is 12.2.